The Morgan fingerprint density at radius 2 is 1.68 bits per heavy atom. The Kier molecular flexibility index (Phi) is 4.48. The van der Waals surface area contributed by atoms with Crippen molar-refractivity contribution in [3.63, 3.8) is 0 Å². The van der Waals surface area contributed by atoms with Crippen molar-refractivity contribution in [2.45, 2.75) is 51.5 Å². The van der Waals surface area contributed by atoms with E-state index in [9.17, 15) is 0 Å². The zero-order chi connectivity index (χ0) is 13.7. The molecule has 0 radical (unpaired) electrons. The topological polar surface area (TPSA) is 50.7 Å². The molecule has 3 heteroatoms. The molecule has 1 aliphatic rings. The first-order chi connectivity index (χ1) is 9.07. The molecule has 1 aromatic carbocycles. The van der Waals surface area contributed by atoms with Gasteiger partial charge in [-0.15, -0.1) is 0 Å². The highest BCUT2D eigenvalue weighted by atomic mass is 15.2. The van der Waals surface area contributed by atoms with Gasteiger partial charge in [0.05, 0.1) is 11.3 Å². The second-order valence-electron chi connectivity index (χ2n) is 5.76. The summed E-state index contributed by atoms with van der Waals surface area (Å²) in [6, 6.07) is 10.1. The number of hydrogen-bond donors (Lipinski definition) is 1. The van der Waals surface area contributed by atoms with Crippen LogP contribution >= 0.6 is 0 Å². The van der Waals surface area contributed by atoms with Crippen molar-refractivity contribution in [3.8, 4) is 0 Å². The van der Waals surface area contributed by atoms with Crippen LogP contribution in [0.2, 0.25) is 0 Å². The Morgan fingerprint density at radius 3 is 2.26 bits per heavy atom. The molecule has 2 rings (SSSR count). The minimum Gasteiger partial charge on any atom is -0.320 e. The van der Waals surface area contributed by atoms with E-state index in [0.29, 0.717) is 0 Å². The Hall–Kier alpha value is -1.48. The number of nitrogens with two attached hydrogens (primary N) is 1. The molecule has 0 bridgehead atoms. The maximum atomic E-state index is 6.23. The van der Waals surface area contributed by atoms with Crippen LogP contribution in [0.1, 0.15) is 51.5 Å². The van der Waals surface area contributed by atoms with Crippen LogP contribution < -0.4 is 5.73 Å². The van der Waals surface area contributed by atoms with Crippen molar-refractivity contribution in [2.75, 3.05) is 0 Å². The number of rotatable bonds is 3. The molecule has 0 spiro atoms. The zero-order valence-corrected chi connectivity index (χ0v) is 11.9. The van der Waals surface area contributed by atoms with Gasteiger partial charge in [0.1, 0.15) is 0 Å². The molecule has 3 nitrogen and oxygen atoms in total. The summed E-state index contributed by atoms with van der Waals surface area (Å²) in [5.41, 5.74) is 8.86. The third kappa shape index (κ3) is 4.00. The predicted molar refractivity (Wildman–Crippen MR) is 81.8 cm³/mol. The number of hydrogen-bond acceptors (Lipinski definition) is 3. The van der Waals surface area contributed by atoms with E-state index in [-0.39, 0.29) is 0 Å². The summed E-state index contributed by atoms with van der Waals surface area (Å²) < 4.78 is 0. The molecule has 2 N–H and O–H groups in total. The van der Waals surface area contributed by atoms with Crippen molar-refractivity contribution in [3.05, 3.63) is 35.9 Å². The van der Waals surface area contributed by atoms with E-state index >= 15 is 0 Å². The molecule has 0 unspecified atom stereocenters. The molecule has 0 aromatic heterocycles. The Morgan fingerprint density at radius 1 is 1.05 bits per heavy atom. The maximum absolute atomic E-state index is 6.23. The quantitative estimate of drug-likeness (QED) is 0.653. The van der Waals surface area contributed by atoms with E-state index in [0.717, 1.165) is 24.1 Å². The van der Waals surface area contributed by atoms with Gasteiger partial charge < -0.3 is 5.73 Å². The molecule has 0 amide bonds. The fourth-order valence-corrected chi connectivity index (χ4v) is 2.34. The third-order valence-corrected chi connectivity index (χ3v) is 3.38. The highest BCUT2D eigenvalue weighted by Gasteiger charge is 2.21. The summed E-state index contributed by atoms with van der Waals surface area (Å²) in [5, 5.41) is 8.92. The normalized spacial score (nSPS) is 17.4. The van der Waals surface area contributed by atoms with Crippen LogP contribution in [0.15, 0.2) is 40.5 Å². The Balaban J connectivity index is 2.28. The minimum atomic E-state index is -0.486. The van der Waals surface area contributed by atoms with Gasteiger partial charge in [0.15, 0.2) is 0 Å². The second kappa shape index (κ2) is 6.11. The third-order valence-electron chi connectivity index (χ3n) is 3.38. The zero-order valence-electron chi connectivity index (χ0n) is 11.9. The molecule has 1 fully saturated rings. The van der Waals surface area contributed by atoms with Gasteiger partial charge >= 0.3 is 0 Å². The van der Waals surface area contributed by atoms with E-state index in [1.54, 1.807) is 0 Å². The average Bonchev–Trinajstić information content (AvgIpc) is 2.40. The SMILES string of the molecule is CC(C)(N)/C(=N\N=C1CCCCC1)c1ccccc1. The summed E-state index contributed by atoms with van der Waals surface area (Å²) in [7, 11) is 0. The summed E-state index contributed by atoms with van der Waals surface area (Å²) in [6.07, 6.45) is 5.95. The van der Waals surface area contributed by atoms with Crippen LogP contribution in [-0.4, -0.2) is 17.0 Å². The van der Waals surface area contributed by atoms with E-state index in [1.807, 2.05) is 44.2 Å². The number of benzene rings is 1. The molecule has 0 saturated heterocycles. The Labute approximate surface area is 115 Å². The van der Waals surface area contributed by atoms with E-state index in [4.69, 9.17) is 5.73 Å². The van der Waals surface area contributed by atoms with E-state index in [1.165, 1.54) is 25.0 Å². The van der Waals surface area contributed by atoms with Gasteiger partial charge in [-0.3, -0.25) is 0 Å². The predicted octanol–water partition coefficient (Wildman–Crippen LogP) is 3.53. The molecular formula is C16H23N3. The van der Waals surface area contributed by atoms with Gasteiger partial charge in [0, 0.05) is 5.71 Å². The molecular weight excluding hydrogens is 234 g/mol. The molecule has 19 heavy (non-hydrogen) atoms. The monoisotopic (exact) mass is 257 g/mol. The lowest BCUT2D eigenvalue weighted by atomic mass is 9.93. The molecule has 0 heterocycles. The summed E-state index contributed by atoms with van der Waals surface area (Å²) in [4.78, 5) is 0. The van der Waals surface area contributed by atoms with Crippen molar-refractivity contribution < 1.29 is 0 Å². The van der Waals surface area contributed by atoms with Crippen LogP contribution in [-0.2, 0) is 0 Å². The molecule has 0 aliphatic heterocycles. The van der Waals surface area contributed by atoms with Crippen molar-refractivity contribution >= 4 is 11.4 Å². The van der Waals surface area contributed by atoms with Gasteiger partial charge in [0.2, 0.25) is 0 Å². The Bertz CT molecular complexity index is 459. The van der Waals surface area contributed by atoms with Crippen LogP contribution in [0.25, 0.3) is 0 Å². The maximum Gasteiger partial charge on any atom is 0.0895 e. The molecule has 0 atom stereocenters. The molecule has 1 aromatic rings. The lowest BCUT2D eigenvalue weighted by molar-refractivity contribution is 0.662. The first kappa shape index (κ1) is 13.9. The van der Waals surface area contributed by atoms with Crippen LogP contribution in [0.4, 0.5) is 0 Å². The molecule has 1 aliphatic carbocycles. The van der Waals surface area contributed by atoms with Crippen LogP contribution in [0.3, 0.4) is 0 Å². The first-order valence-corrected chi connectivity index (χ1v) is 7.05. The summed E-state index contributed by atoms with van der Waals surface area (Å²) >= 11 is 0. The van der Waals surface area contributed by atoms with Gasteiger partial charge in [-0.1, -0.05) is 36.8 Å². The van der Waals surface area contributed by atoms with Crippen molar-refractivity contribution in [1.82, 2.24) is 0 Å². The summed E-state index contributed by atoms with van der Waals surface area (Å²) in [6.45, 7) is 3.94. The van der Waals surface area contributed by atoms with Gasteiger partial charge in [-0.05, 0) is 45.1 Å². The summed E-state index contributed by atoms with van der Waals surface area (Å²) in [5.74, 6) is 0. The largest absolute Gasteiger partial charge is 0.320 e. The van der Waals surface area contributed by atoms with Crippen molar-refractivity contribution in [2.24, 2.45) is 15.9 Å². The van der Waals surface area contributed by atoms with Gasteiger partial charge in [-0.2, -0.15) is 10.2 Å². The van der Waals surface area contributed by atoms with E-state index < -0.39 is 5.54 Å². The van der Waals surface area contributed by atoms with Crippen LogP contribution in [0.5, 0.6) is 0 Å². The first-order valence-electron chi connectivity index (χ1n) is 7.05. The highest BCUT2D eigenvalue weighted by Crippen LogP contribution is 2.16. The second-order valence-corrected chi connectivity index (χ2v) is 5.76. The standard InChI is InChI=1S/C16H23N3/c1-16(2,17)15(13-9-5-3-6-10-13)19-18-14-11-7-4-8-12-14/h3,5-6,9-10H,4,7-8,11-12,17H2,1-2H3/b19-15-. The van der Waals surface area contributed by atoms with Gasteiger partial charge in [-0.25, -0.2) is 0 Å². The lowest BCUT2D eigenvalue weighted by Crippen LogP contribution is -2.42. The average molecular weight is 257 g/mol. The highest BCUT2D eigenvalue weighted by molar-refractivity contribution is 6.07. The minimum absolute atomic E-state index is 0.486. The lowest BCUT2D eigenvalue weighted by Gasteiger charge is -2.21. The molecule has 102 valence electrons. The molecule has 1 saturated carbocycles. The van der Waals surface area contributed by atoms with E-state index in [2.05, 4.69) is 10.2 Å². The number of nitrogens with zero attached hydrogens (tertiary/aromatic N) is 2. The fraction of sp³-hybridized carbons (Fsp3) is 0.500. The smallest absolute Gasteiger partial charge is 0.0895 e. The fourth-order valence-electron chi connectivity index (χ4n) is 2.34. The van der Waals surface area contributed by atoms with Crippen LogP contribution in [0, 0.1) is 0 Å². The van der Waals surface area contributed by atoms with Gasteiger partial charge in [0.25, 0.3) is 0 Å². The van der Waals surface area contributed by atoms with Crippen molar-refractivity contribution in [1.29, 1.82) is 0 Å².